The van der Waals surface area contributed by atoms with Gasteiger partial charge in [0.1, 0.15) is 26.9 Å². The standard InChI is InChI=1S/C23H26N6O18S6/c1-13-19(24)21(28-26-14-2-4-15(5-3-14)48(30,31)10-8-46-52(40,41)42)20(25)22(23(13)51(37,38)39)29-27-17-7-6-16(12-18(17)50(34,35)36)49(32,33)11-9-47-53(43,44)45/h2-7,12H,8-11,24-25H2,1H3,(H,34,35,36)(H,37,38,39)(H,40,41,42)(H,43,44,45). The van der Waals surface area contributed by atoms with Crippen LogP contribution in [0.3, 0.4) is 0 Å². The third-order valence-corrected chi connectivity index (χ3v) is 12.6. The second-order valence-electron chi connectivity index (χ2n) is 10.1. The number of anilines is 2. The van der Waals surface area contributed by atoms with Crippen LogP contribution in [-0.4, -0.2) is 93.4 Å². The number of azo groups is 2. The minimum atomic E-state index is -5.31. The van der Waals surface area contributed by atoms with Crippen molar-refractivity contribution in [1.29, 1.82) is 0 Å². The fourth-order valence-corrected chi connectivity index (χ4v) is 8.64. The van der Waals surface area contributed by atoms with Crippen molar-refractivity contribution in [2.45, 2.75) is 26.5 Å². The minimum Gasteiger partial charge on any atom is -0.397 e. The molecule has 53 heavy (non-hydrogen) atoms. The predicted molar refractivity (Wildman–Crippen MR) is 180 cm³/mol. The van der Waals surface area contributed by atoms with E-state index in [9.17, 15) is 59.6 Å². The van der Waals surface area contributed by atoms with Gasteiger partial charge in [0.15, 0.2) is 19.7 Å². The summed E-state index contributed by atoms with van der Waals surface area (Å²) in [5.74, 6) is -1.92. The zero-order valence-electron chi connectivity index (χ0n) is 26.3. The van der Waals surface area contributed by atoms with Crippen molar-refractivity contribution < 1.29 is 77.1 Å². The maximum Gasteiger partial charge on any atom is 0.397 e. The van der Waals surface area contributed by atoms with Crippen LogP contribution in [-0.2, 0) is 69.1 Å². The Labute approximate surface area is 301 Å². The topological polar surface area (TPSA) is 406 Å². The van der Waals surface area contributed by atoms with Gasteiger partial charge in [-0.25, -0.2) is 25.2 Å². The molecule has 292 valence electrons. The Hall–Kier alpha value is -4.08. The van der Waals surface area contributed by atoms with E-state index in [1.165, 1.54) is 0 Å². The number of benzene rings is 3. The zero-order chi connectivity index (χ0) is 40.4. The summed E-state index contributed by atoms with van der Waals surface area (Å²) in [6.07, 6.45) is 0. The van der Waals surface area contributed by atoms with Gasteiger partial charge in [-0.2, -0.15) is 38.8 Å². The molecule has 0 radical (unpaired) electrons. The highest BCUT2D eigenvalue weighted by Crippen LogP contribution is 2.46. The highest BCUT2D eigenvalue weighted by Gasteiger charge is 2.28. The molecule has 0 aliphatic heterocycles. The lowest BCUT2D eigenvalue weighted by molar-refractivity contribution is 0.282. The molecule has 0 saturated carbocycles. The zero-order valence-corrected chi connectivity index (χ0v) is 31.2. The first-order chi connectivity index (χ1) is 24.0. The van der Waals surface area contributed by atoms with Crippen LogP contribution in [0, 0.1) is 6.92 Å². The molecule has 0 unspecified atom stereocenters. The first-order valence-corrected chi connectivity index (χ1v) is 22.4. The number of sulfone groups is 2. The summed E-state index contributed by atoms with van der Waals surface area (Å²) in [5, 5.41) is 14.9. The largest absolute Gasteiger partial charge is 0.397 e. The van der Waals surface area contributed by atoms with Crippen LogP contribution in [0.5, 0.6) is 0 Å². The highest BCUT2D eigenvalue weighted by atomic mass is 32.3. The molecule has 3 aromatic carbocycles. The molecule has 0 fully saturated rings. The van der Waals surface area contributed by atoms with Crippen molar-refractivity contribution in [3.05, 3.63) is 48.0 Å². The molecule has 0 saturated heterocycles. The Balaban J connectivity index is 2.08. The maximum atomic E-state index is 12.6. The van der Waals surface area contributed by atoms with Gasteiger partial charge < -0.3 is 11.5 Å². The number of hydrogen-bond donors (Lipinski definition) is 6. The summed E-state index contributed by atoms with van der Waals surface area (Å²) in [4.78, 5) is -3.35. The SMILES string of the molecule is Cc1c(N)c(N=Nc2ccc(S(=O)(=O)CCOS(=O)(=O)O)cc2)c(N)c(N=Nc2ccc(S(=O)(=O)CCOS(=O)(=O)O)cc2S(=O)(=O)O)c1S(=O)(=O)O. The number of nitrogens with zero attached hydrogens (tertiary/aromatic N) is 4. The van der Waals surface area contributed by atoms with Crippen LogP contribution >= 0.6 is 0 Å². The van der Waals surface area contributed by atoms with Crippen LogP contribution in [0.15, 0.2) is 82.5 Å². The van der Waals surface area contributed by atoms with Crippen LogP contribution in [0.2, 0.25) is 0 Å². The van der Waals surface area contributed by atoms with E-state index in [2.05, 4.69) is 28.8 Å². The number of rotatable bonds is 16. The van der Waals surface area contributed by atoms with Crippen molar-refractivity contribution in [3.63, 3.8) is 0 Å². The van der Waals surface area contributed by atoms with Crippen molar-refractivity contribution >= 4 is 94.8 Å². The summed E-state index contributed by atoms with van der Waals surface area (Å²) in [5.41, 5.74) is 8.27. The molecule has 0 atom stereocenters. The molecular formula is C23H26N6O18S6. The molecule has 0 amide bonds. The van der Waals surface area contributed by atoms with Crippen LogP contribution in [0.1, 0.15) is 5.56 Å². The summed E-state index contributed by atoms with van der Waals surface area (Å²) in [6, 6.07) is 6.21. The molecule has 3 aromatic rings. The third kappa shape index (κ3) is 11.7. The Morgan fingerprint density at radius 3 is 1.53 bits per heavy atom. The number of nitrogens with two attached hydrogens (primary N) is 2. The Morgan fingerprint density at radius 1 is 0.585 bits per heavy atom. The lowest BCUT2D eigenvalue weighted by Crippen LogP contribution is -2.16. The fourth-order valence-electron chi connectivity index (χ4n) is 4.02. The van der Waals surface area contributed by atoms with E-state index in [1.807, 2.05) is 0 Å². The van der Waals surface area contributed by atoms with Gasteiger partial charge in [-0.15, -0.1) is 15.3 Å². The number of nitrogen functional groups attached to an aromatic ring is 2. The molecule has 0 aromatic heterocycles. The third-order valence-electron chi connectivity index (χ3n) is 6.44. The predicted octanol–water partition coefficient (Wildman–Crippen LogP) is 1.67. The molecular weight excluding hydrogens is 841 g/mol. The van der Waals surface area contributed by atoms with Crippen LogP contribution in [0.25, 0.3) is 0 Å². The van der Waals surface area contributed by atoms with E-state index in [0.717, 1.165) is 37.3 Å². The van der Waals surface area contributed by atoms with Gasteiger partial charge >= 0.3 is 20.8 Å². The molecule has 0 heterocycles. The molecule has 8 N–H and O–H groups in total. The average Bonchev–Trinajstić information content (AvgIpc) is 2.99. The van der Waals surface area contributed by atoms with Crippen molar-refractivity contribution in [1.82, 2.24) is 0 Å². The van der Waals surface area contributed by atoms with Gasteiger partial charge in [-0.3, -0.25) is 18.2 Å². The normalized spacial score (nSPS) is 13.6. The van der Waals surface area contributed by atoms with Gasteiger partial charge in [0.25, 0.3) is 20.2 Å². The Morgan fingerprint density at radius 2 is 1.06 bits per heavy atom. The fraction of sp³-hybridized carbons (Fsp3) is 0.217. The highest BCUT2D eigenvalue weighted by molar-refractivity contribution is 7.92. The van der Waals surface area contributed by atoms with Gasteiger partial charge in [0.05, 0.1) is 51.6 Å². The summed E-state index contributed by atoms with van der Waals surface area (Å²) >= 11 is 0. The summed E-state index contributed by atoms with van der Waals surface area (Å²) in [7, 11) is -29.1. The Bertz CT molecular complexity index is 2660. The van der Waals surface area contributed by atoms with Crippen LogP contribution in [0.4, 0.5) is 34.1 Å². The molecule has 24 nitrogen and oxygen atoms in total. The molecule has 3 rings (SSSR count). The summed E-state index contributed by atoms with van der Waals surface area (Å²) < 4.78 is 187. The maximum absolute atomic E-state index is 12.6. The first kappa shape index (κ1) is 43.3. The van der Waals surface area contributed by atoms with Gasteiger partial charge in [0, 0.05) is 0 Å². The molecule has 0 bridgehead atoms. The average molecular weight is 867 g/mol. The number of hydrogen-bond acceptors (Lipinski definition) is 20. The van der Waals surface area contributed by atoms with Crippen molar-refractivity contribution in [3.8, 4) is 0 Å². The molecule has 0 aliphatic rings. The second-order valence-corrected chi connectivity index (χ2v) is 19.2. The smallest absolute Gasteiger partial charge is 0.397 e. The van der Waals surface area contributed by atoms with E-state index < -0.39 is 134 Å². The van der Waals surface area contributed by atoms with E-state index in [-0.39, 0.29) is 10.6 Å². The minimum absolute atomic E-state index is 0.0472. The molecule has 30 heteroatoms. The first-order valence-electron chi connectivity index (χ1n) is 13.5. The lowest BCUT2D eigenvalue weighted by atomic mass is 10.1. The quantitative estimate of drug-likeness (QED) is 0.0677. The van der Waals surface area contributed by atoms with Gasteiger partial charge in [-0.05, 0) is 55.0 Å². The molecule has 0 spiro atoms. The second kappa shape index (κ2) is 15.7. The monoisotopic (exact) mass is 866 g/mol. The van der Waals surface area contributed by atoms with E-state index in [0.29, 0.717) is 12.1 Å². The van der Waals surface area contributed by atoms with Gasteiger partial charge in [-0.1, -0.05) is 0 Å². The van der Waals surface area contributed by atoms with Gasteiger partial charge in [0.2, 0.25) is 0 Å². The van der Waals surface area contributed by atoms with Crippen LogP contribution < -0.4 is 11.5 Å². The summed E-state index contributed by atoms with van der Waals surface area (Å²) in [6.45, 7) is -0.888. The van der Waals surface area contributed by atoms with E-state index in [1.54, 1.807) is 0 Å². The van der Waals surface area contributed by atoms with Crippen molar-refractivity contribution in [2.75, 3.05) is 36.2 Å². The lowest BCUT2D eigenvalue weighted by Gasteiger charge is -2.14. The van der Waals surface area contributed by atoms with E-state index in [4.69, 9.17) is 20.6 Å². The Kier molecular flexibility index (Phi) is 12.9. The van der Waals surface area contributed by atoms with Crippen molar-refractivity contribution in [2.24, 2.45) is 20.5 Å². The molecule has 0 aliphatic carbocycles. The van der Waals surface area contributed by atoms with E-state index >= 15 is 0 Å².